The molecule has 8 rings (SSSR count). The van der Waals surface area contributed by atoms with Crippen molar-refractivity contribution in [3.05, 3.63) is 194 Å². The Balaban J connectivity index is 0.000000218. The second-order valence-electron chi connectivity index (χ2n) is 10.2. The van der Waals surface area contributed by atoms with Gasteiger partial charge in [-0.15, -0.1) is 0 Å². The molecule has 0 atom stereocenters. The van der Waals surface area contributed by atoms with Crippen LogP contribution < -0.4 is 0 Å². The normalized spacial score (nSPS) is 10.4. The summed E-state index contributed by atoms with van der Waals surface area (Å²) >= 11 is 0. The van der Waals surface area contributed by atoms with Gasteiger partial charge in [0, 0.05) is 0 Å². The molecule has 8 aromatic rings. The number of fused-ring (bicyclic) bond motifs is 3. The second kappa shape index (κ2) is 13.3. The fourth-order valence-corrected chi connectivity index (χ4v) is 5.13. The van der Waals surface area contributed by atoms with Crippen LogP contribution in [0.4, 0.5) is 0 Å². The van der Waals surface area contributed by atoms with Crippen LogP contribution in [0.25, 0.3) is 54.6 Å². The van der Waals surface area contributed by atoms with Crippen molar-refractivity contribution in [1.82, 2.24) is 0 Å². The SMILES string of the molecule is c1ccc(-c2ccc3cc4cc(-c5ccc6ccccc6c5)ccc4cc3c2)cc1.c1ccccc1.c1ccccc1. The van der Waals surface area contributed by atoms with Crippen molar-refractivity contribution < 1.29 is 0 Å². The summed E-state index contributed by atoms with van der Waals surface area (Å²) in [5.41, 5.74) is 5.03. The van der Waals surface area contributed by atoms with Crippen LogP contribution >= 0.6 is 0 Å². The van der Waals surface area contributed by atoms with Gasteiger partial charge in [-0.2, -0.15) is 0 Å². The number of hydrogen-bond acceptors (Lipinski definition) is 0. The highest BCUT2D eigenvalue weighted by atomic mass is 14.1. The molecule has 0 amide bonds. The van der Waals surface area contributed by atoms with Crippen molar-refractivity contribution in [3.63, 3.8) is 0 Å². The Labute approximate surface area is 248 Å². The van der Waals surface area contributed by atoms with Gasteiger partial charge in [0.1, 0.15) is 0 Å². The predicted molar refractivity (Wildman–Crippen MR) is 183 cm³/mol. The maximum absolute atomic E-state index is 2.31. The van der Waals surface area contributed by atoms with E-state index in [2.05, 4.69) is 121 Å². The first-order valence-corrected chi connectivity index (χ1v) is 14.4. The summed E-state index contributed by atoms with van der Waals surface area (Å²) in [6, 6.07) is 68.0. The summed E-state index contributed by atoms with van der Waals surface area (Å²) < 4.78 is 0. The number of hydrogen-bond donors (Lipinski definition) is 0. The highest BCUT2D eigenvalue weighted by molar-refractivity contribution is 6.01. The van der Waals surface area contributed by atoms with E-state index in [1.165, 1.54) is 54.6 Å². The fourth-order valence-electron chi connectivity index (χ4n) is 5.13. The van der Waals surface area contributed by atoms with Crippen molar-refractivity contribution in [1.29, 1.82) is 0 Å². The minimum atomic E-state index is 1.26. The van der Waals surface area contributed by atoms with Crippen LogP contribution in [0.15, 0.2) is 194 Å². The van der Waals surface area contributed by atoms with Crippen molar-refractivity contribution in [3.8, 4) is 22.3 Å². The van der Waals surface area contributed by atoms with Crippen molar-refractivity contribution in [2.75, 3.05) is 0 Å². The molecule has 8 aromatic carbocycles. The zero-order valence-corrected chi connectivity index (χ0v) is 23.5. The average Bonchev–Trinajstić information content (AvgIpc) is 3.09. The maximum atomic E-state index is 2.31. The van der Waals surface area contributed by atoms with Gasteiger partial charge in [0.2, 0.25) is 0 Å². The molecule has 42 heavy (non-hydrogen) atoms. The van der Waals surface area contributed by atoms with Gasteiger partial charge in [0.15, 0.2) is 0 Å². The Kier molecular flexibility index (Phi) is 8.45. The highest BCUT2D eigenvalue weighted by Crippen LogP contribution is 2.31. The minimum Gasteiger partial charge on any atom is -0.0623 e. The van der Waals surface area contributed by atoms with Gasteiger partial charge in [-0.1, -0.05) is 164 Å². The van der Waals surface area contributed by atoms with Crippen molar-refractivity contribution in [2.45, 2.75) is 0 Å². The molecule has 0 bridgehead atoms. The third-order valence-corrected chi connectivity index (χ3v) is 7.32. The summed E-state index contributed by atoms with van der Waals surface area (Å²) in [7, 11) is 0. The Morgan fingerprint density at radius 2 is 0.476 bits per heavy atom. The highest BCUT2D eigenvalue weighted by Gasteiger charge is 2.05. The molecule has 0 aromatic heterocycles. The molecule has 0 heteroatoms. The maximum Gasteiger partial charge on any atom is -0.0171 e. The van der Waals surface area contributed by atoms with Crippen molar-refractivity contribution >= 4 is 32.3 Å². The van der Waals surface area contributed by atoms with Gasteiger partial charge in [-0.3, -0.25) is 0 Å². The molecule has 0 saturated carbocycles. The van der Waals surface area contributed by atoms with E-state index in [1.807, 2.05) is 72.8 Å². The molecule has 0 N–H and O–H groups in total. The van der Waals surface area contributed by atoms with E-state index in [0.717, 1.165) is 0 Å². The third-order valence-electron chi connectivity index (χ3n) is 7.32. The molecule has 0 aliphatic rings. The molecule has 0 spiro atoms. The molecule has 0 heterocycles. The zero-order valence-electron chi connectivity index (χ0n) is 23.5. The first-order valence-electron chi connectivity index (χ1n) is 14.4. The molecule has 0 aliphatic carbocycles. The van der Waals surface area contributed by atoms with Crippen LogP contribution in [0.5, 0.6) is 0 Å². The van der Waals surface area contributed by atoms with Gasteiger partial charge >= 0.3 is 0 Å². The molecule has 0 unspecified atom stereocenters. The van der Waals surface area contributed by atoms with E-state index in [0.29, 0.717) is 0 Å². The van der Waals surface area contributed by atoms with E-state index in [-0.39, 0.29) is 0 Å². The zero-order chi connectivity index (χ0) is 28.4. The third kappa shape index (κ3) is 6.63. The Morgan fingerprint density at radius 3 is 0.952 bits per heavy atom. The van der Waals surface area contributed by atoms with E-state index >= 15 is 0 Å². The first-order chi connectivity index (χ1) is 20.8. The summed E-state index contributed by atoms with van der Waals surface area (Å²) in [6.07, 6.45) is 0. The lowest BCUT2D eigenvalue weighted by Gasteiger charge is -2.09. The minimum absolute atomic E-state index is 1.26. The van der Waals surface area contributed by atoms with Crippen LogP contribution in [0.1, 0.15) is 0 Å². The molecule has 0 fully saturated rings. The Morgan fingerprint density at radius 1 is 0.167 bits per heavy atom. The quantitative estimate of drug-likeness (QED) is 0.193. The monoisotopic (exact) mass is 536 g/mol. The summed E-state index contributed by atoms with van der Waals surface area (Å²) in [5, 5.41) is 7.67. The molecule has 0 radical (unpaired) electrons. The van der Waals surface area contributed by atoms with E-state index in [9.17, 15) is 0 Å². The Hall–Kier alpha value is -5.46. The topological polar surface area (TPSA) is 0 Å². The van der Waals surface area contributed by atoms with Gasteiger partial charge in [0.05, 0.1) is 0 Å². The Bertz CT molecular complexity index is 1920. The molecular formula is C42H32. The lowest BCUT2D eigenvalue weighted by atomic mass is 9.95. The predicted octanol–water partition coefficient (Wildman–Crippen LogP) is 11.9. The number of rotatable bonds is 2. The van der Waals surface area contributed by atoms with Crippen molar-refractivity contribution in [2.24, 2.45) is 0 Å². The smallest absolute Gasteiger partial charge is 0.0171 e. The summed E-state index contributed by atoms with van der Waals surface area (Å²) in [6.45, 7) is 0. The number of benzene rings is 8. The van der Waals surface area contributed by atoms with Gasteiger partial charge < -0.3 is 0 Å². The van der Waals surface area contributed by atoms with Crippen LogP contribution in [-0.4, -0.2) is 0 Å². The van der Waals surface area contributed by atoms with E-state index in [1.54, 1.807) is 0 Å². The first kappa shape index (κ1) is 26.7. The van der Waals surface area contributed by atoms with E-state index in [4.69, 9.17) is 0 Å². The summed E-state index contributed by atoms with van der Waals surface area (Å²) in [5.74, 6) is 0. The van der Waals surface area contributed by atoms with Crippen LogP contribution in [0, 0.1) is 0 Å². The van der Waals surface area contributed by atoms with Crippen LogP contribution in [0.3, 0.4) is 0 Å². The van der Waals surface area contributed by atoms with E-state index < -0.39 is 0 Å². The summed E-state index contributed by atoms with van der Waals surface area (Å²) in [4.78, 5) is 0. The molecular weight excluding hydrogens is 504 g/mol. The fraction of sp³-hybridized carbons (Fsp3) is 0. The van der Waals surface area contributed by atoms with Gasteiger partial charge in [-0.25, -0.2) is 0 Å². The molecule has 0 aliphatic heterocycles. The lowest BCUT2D eigenvalue weighted by Crippen LogP contribution is -1.83. The van der Waals surface area contributed by atoms with Gasteiger partial charge in [-0.05, 0) is 84.9 Å². The second-order valence-corrected chi connectivity index (χ2v) is 10.2. The largest absolute Gasteiger partial charge is 0.0623 e. The van der Waals surface area contributed by atoms with Gasteiger partial charge in [0.25, 0.3) is 0 Å². The molecule has 200 valence electrons. The molecule has 0 saturated heterocycles. The lowest BCUT2D eigenvalue weighted by molar-refractivity contribution is 1.65. The van der Waals surface area contributed by atoms with Crippen LogP contribution in [-0.2, 0) is 0 Å². The van der Waals surface area contributed by atoms with Crippen LogP contribution in [0.2, 0.25) is 0 Å². The standard InChI is InChI=1S/C30H20.2C6H6/c1-2-6-21(7-3-1)24-12-14-27-20-30-18-26(13-15-28(30)19-29(27)17-24)25-11-10-22-8-4-5-9-23(22)16-25;2*1-2-4-6-5-3-1/h1-20H;2*1-6H. The molecule has 0 nitrogen and oxygen atoms in total. The average molecular weight is 537 g/mol.